The Kier molecular flexibility index (Phi) is 4.55. The fraction of sp³-hybridized carbons (Fsp3) is 0.125. The molecule has 2 aromatic carbocycles. The van der Waals surface area contributed by atoms with Crippen molar-refractivity contribution in [2.45, 2.75) is 12.6 Å². The van der Waals surface area contributed by atoms with E-state index in [1.54, 1.807) is 24.3 Å². The Morgan fingerprint density at radius 2 is 1.83 bits per heavy atom. The molecule has 1 atom stereocenters. The summed E-state index contributed by atoms with van der Waals surface area (Å²) in [7, 11) is 0. The molecule has 0 aliphatic heterocycles. The first-order chi connectivity index (χ1) is 11.1. The summed E-state index contributed by atoms with van der Waals surface area (Å²) in [5.41, 5.74) is 6.99. The standard InChI is InChI=1S/C16H14ClFN4O/c17-11-3-1-10(2-4-11)15(19)16-20-14(21-22-16)9-23-13-7-5-12(18)6-8-13/h1-8,15H,9,19H2,(H,20,21,22). The first kappa shape index (κ1) is 15.5. The van der Waals surface area contributed by atoms with E-state index in [1.165, 1.54) is 12.1 Å². The lowest BCUT2D eigenvalue weighted by Gasteiger charge is -2.07. The van der Waals surface area contributed by atoms with Crippen molar-refractivity contribution in [3.8, 4) is 5.75 Å². The molecule has 3 rings (SSSR count). The van der Waals surface area contributed by atoms with E-state index in [0.717, 1.165) is 5.56 Å². The third-order valence-corrected chi connectivity index (χ3v) is 3.50. The van der Waals surface area contributed by atoms with Crippen LogP contribution >= 0.6 is 11.6 Å². The molecule has 0 saturated heterocycles. The highest BCUT2D eigenvalue weighted by atomic mass is 35.5. The molecular formula is C16H14ClFN4O. The van der Waals surface area contributed by atoms with Gasteiger partial charge >= 0.3 is 0 Å². The molecule has 0 fully saturated rings. The number of halogens is 2. The van der Waals surface area contributed by atoms with Gasteiger partial charge in [-0.25, -0.2) is 9.37 Å². The van der Waals surface area contributed by atoms with Crippen molar-refractivity contribution in [3.63, 3.8) is 0 Å². The number of rotatable bonds is 5. The molecule has 3 aromatic rings. The van der Waals surface area contributed by atoms with E-state index in [-0.39, 0.29) is 12.4 Å². The van der Waals surface area contributed by atoms with Gasteiger partial charge in [0.25, 0.3) is 0 Å². The molecule has 5 nitrogen and oxygen atoms in total. The number of aromatic amines is 1. The molecule has 0 radical (unpaired) electrons. The molecule has 118 valence electrons. The number of hydrogen-bond acceptors (Lipinski definition) is 4. The highest BCUT2D eigenvalue weighted by Gasteiger charge is 2.14. The normalized spacial score (nSPS) is 12.1. The molecule has 23 heavy (non-hydrogen) atoms. The molecule has 0 amide bonds. The molecule has 1 unspecified atom stereocenters. The first-order valence-electron chi connectivity index (χ1n) is 6.92. The summed E-state index contributed by atoms with van der Waals surface area (Å²) < 4.78 is 18.3. The van der Waals surface area contributed by atoms with Crippen LogP contribution in [0.1, 0.15) is 23.3 Å². The van der Waals surface area contributed by atoms with Crippen LogP contribution < -0.4 is 10.5 Å². The largest absolute Gasteiger partial charge is 0.486 e. The van der Waals surface area contributed by atoms with Gasteiger partial charge in [-0.05, 0) is 42.0 Å². The minimum Gasteiger partial charge on any atom is -0.486 e. The average Bonchev–Trinajstić information content (AvgIpc) is 3.03. The highest BCUT2D eigenvalue weighted by molar-refractivity contribution is 6.30. The Labute approximate surface area is 137 Å². The molecule has 7 heteroatoms. The summed E-state index contributed by atoms with van der Waals surface area (Å²) in [5, 5.41) is 7.53. The number of nitrogens with zero attached hydrogens (tertiary/aromatic N) is 2. The van der Waals surface area contributed by atoms with Crippen molar-refractivity contribution >= 4 is 11.6 Å². The topological polar surface area (TPSA) is 76.8 Å². The van der Waals surface area contributed by atoms with Crippen LogP contribution in [0, 0.1) is 5.82 Å². The molecule has 1 aromatic heterocycles. The van der Waals surface area contributed by atoms with Crippen LogP contribution in [0.2, 0.25) is 5.02 Å². The molecule has 0 aliphatic carbocycles. The lowest BCUT2D eigenvalue weighted by atomic mass is 10.1. The molecular weight excluding hydrogens is 319 g/mol. The van der Waals surface area contributed by atoms with E-state index in [1.807, 2.05) is 12.1 Å². The zero-order valence-electron chi connectivity index (χ0n) is 12.0. The number of ether oxygens (including phenoxy) is 1. The van der Waals surface area contributed by atoms with Gasteiger partial charge in [0, 0.05) is 5.02 Å². The fourth-order valence-electron chi connectivity index (χ4n) is 2.02. The second-order valence-electron chi connectivity index (χ2n) is 4.91. The number of aromatic nitrogens is 3. The average molecular weight is 333 g/mol. The predicted octanol–water partition coefficient (Wildman–Crippen LogP) is 3.22. The van der Waals surface area contributed by atoms with Crippen LogP contribution in [-0.2, 0) is 6.61 Å². The van der Waals surface area contributed by atoms with Gasteiger partial charge in [-0.2, -0.15) is 5.10 Å². The van der Waals surface area contributed by atoms with Crippen LogP contribution in [0.25, 0.3) is 0 Å². The lowest BCUT2D eigenvalue weighted by molar-refractivity contribution is 0.296. The smallest absolute Gasteiger partial charge is 0.172 e. The van der Waals surface area contributed by atoms with E-state index >= 15 is 0 Å². The Bertz CT molecular complexity index is 774. The summed E-state index contributed by atoms with van der Waals surface area (Å²) in [4.78, 5) is 4.32. The molecule has 0 bridgehead atoms. The minimum absolute atomic E-state index is 0.186. The maximum Gasteiger partial charge on any atom is 0.172 e. The molecule has 0 spiro atoms. The zero-order valence-corrected chi connectivity index (χ0v) is 12.8. The highest BCUT2D eigenvalue weighted by Crippen LogP contribution is 2.19. The monoisotopic (exact) mass is 332 g/mol. The van der Waals surface area contributed by atoms with Gasteiger partial charge in [0.05, 0.1) is 6.04 Å². The molecule has 3 N–H and O–H groups in total. The summed E-state index contributed by atoms with van der Waals surface area (Å²) in [6.07, 6.45) is 0. The fourth-order valence-corrected chi connectivity index (χ4v) is 2.14. The first-order valence-corrected chi connectivity index (χ1v) is 7.30. The Morgan fingerprint density at radius 1 is 1.13 bits per heavy atom. The van der Waals surface area contributed by atoms with E-state index in [4.69, 9.17) is 22.1 Å². The van der Waals surface area contributed by atoms with Crippen molar-refractivity contribution in [2.75, 3.05) is 0 Å². The predicted molar refractivity (Wildman–Crippen MR) is 84.6 cm³/mol. The van der Waals surface area contributed by atoms with Gasteiger partial charge < -0.3 is 10.5 Å². The van der Waals surface area contributed by atoms with Gasteiger partial charge in [0.1, 0.15) is 18.2 Å². The van der Waals surface area contributed by atoms with E-state index in [0.29, 0.717) is 22.4 Å². The number of nitrogens with one attached hydrogen (secondary N) is 1. The van der Waals surface area contributed by atoms with Crippen LogP contribution in [-0.4, -0.2) is 15.2 Å². The van der Waals surface area contributed by atoms with Crippen LogP contribution in [0.4, 0.5) is 4.39 Å². The zero-order chi connectivity index (χ0) is 16.2. The SMILES string of the molecule is NC(c1ccc(Cl)cc1)c1n[nH]c(COc2ccc(F)cc2)n1. The Balaban J connectivity index is 1.65. The van der Waals surface area contributed by atoms with Crippen molar-refractivity contribution < 1.29 is 9.13 Å². The third kappa shape index (κ3) is 3.85. The number of benzene rings is 2. The molecule has 1 heterocycles. The van der Waals surface area contributed by atoms with E-state index in [2.05, 4.69) is 15.2 Å². The molecule has 0 saturated carbocycles. The van der Waals surface area contributed by atoms with E-state index in [9.17, 15) is 4.39 Å². The Morgan fingerprint density at radius 3 is 2.52 bits per heavy atom. The summed E-state index contributed by atoms with van der Waals surface area (Å²) >= 11 is 5.86. The van der Waals surface area contributed by atoms with Gasteiger partial charge in [0.2, 0.25) is 0 Å². The van der Waals surface area contributed by atoms with Crippen molar-refractivity contribution in [1.29, 1.82) is 0 Å². The Hall–Kier alpha value is -2.44. The minimum atomic E-state index is -0.455. The second-order valence-corrected chi connectivity index (χ2v) is 5.35. The summed E-state index contributed by atoms with van der Waals surface area (Å²) in [5.74, 6) is 1.23. The van der Waals surface area contributed by atoms with E-state index < -0.39 is 6.04 Å². The van der Waals surface area contributed by atoms with Crippen molar-refractivity contribution in [3.05, 3.63) is 76.6 Å². The number of H-pyrrole nitrogens is 1. The van der Waals surface area contributed by atoms with Gasteiger partial charge in [-0.15, -0.1) is 0 Å². The van der Waals surface area contributed by atoms with Crippen LogP contribution in [0.15, 0.2) is 48.5 Å². The second kappa shape index (κ2) is 6.76. The summed E-state index contributed by atoms with van der Waals surface area (Å²) in [6.45, 7) is 0.186. The van der Waals surface area contributed by atoms with Gasteiger partial charge in [-0.1, -0.05) is 23.7 Å². The van der Waals surface area contributed by atoms with Crippen molar-refractivity contribution in [2.24, 2.45) is 5.73 Å². The lowest BCUT2D eigenvalue weighted by Crippen LogP contribution is -2.13. The van der Waals surface area contributed by atoms with Gasteiger partial charge in [-0.3, -0.25) is 5.10 Å². The maximum absolute atomic E-state index is 12.8. The maximum atomic E-state index is 12.8. The quantitative estimate of drug-likeness (QED) is 0.752. The number of hydrogen-bond donors (Lipinski definition) is 2. The van der Waals surface area contributed by atoms with Crippen LogP contribution in [0.3, 0.4) is 0 Å². The van der Waals surface area contributed by atoms with Crippen molar-refractivity contribution in [1.82, 2.24) is 15.2 Å². The van der Waals surface area contributed by atoms with Gasteiger partial charge in [0.15, 0.2) is 11.6 Å². The van der Waals surface area contributed by atoms with Crippen LogP contribution in [0.5, 0.6) is 5.75 Å². The molecule has 0 aliphatic rings. The third-order valence-electron chi connectivity index (χ3n) is 3.25. The summed E-state index contributed by atoms with van der Waals surface area (Å²) in [6, 6.07) is 12.5. The number of nitrogens with two attached hydrogens (primary N) is 1.